The van der Waals surface area contributed by atoms with E-state index >= 15 is 0 Å². The molecule has 2 aromatic carbocycles. The molecule has 1 aliphatic rings. The summed E-state index contributed by atoms with van der Waals surface area (Å²) in [5, 5.41) is 3.44. The Kier molecular flexibility index (Phi) is 6.08. The van der Waals surface area contributed by atoms with Gasteiger partial charge in [-0.2, -0.15) is 0 Å². The molecule has 1 aromatic heterocycles. The minimum absolute atomic E-state index is 0.0110. The van der Waals surface area contributed by atoms with Crippen molar-refractivity contribution in [3.05, 3.63) is 63.4 Å². The first-order valence-corrected chi connectivity index (χ1v) is 10.8. The van der Waals surface area contributed by atoms with Gasteiger partial charge in [-0.05, 0) is 49.1 Å². The van der Waals surface area contributed by atoms with Crippen LogP contribution in [0.4, 0.5) is 0 Å². The highest BCUT2D eigenvalue weighted by atomic mass is 16.5. The van der Waals surface area contributed by atoms with Crippen molar-refractivity contribution in [3.63, 3.8) is 0 Å². The van der Waals surface area contributed by atoms with Crippen LogP contribution in [0.2, 0.25) is 0 Å². The second kappa shape index (κ2) is 8.94. The van der Waals surface area contributed by atoms with E-state index in [4.69, 9.17) is 14.2 Å². The maximum atomic E-state index is 13.2. The number of pyridine rings is 1. The highest BCUT2D eigenvalue weighted by Crippen LogP contribution is 2.32. The van der Waals surface area contributed by atoms with Crippen molar-refractivity contribution in [1.29, 1.82) is 0 Å². The lowest BCUT2D eigenvalue weighted by molar-refractivity contribution is 0.0951. The van der Waals surface area contributed by atoms with Gasteiger partial charge in [-0.1, -0.05) is 19.1 Å². The molecular weight excluding hydrogens is 408 g/mol. The number of amides is 1. The quantitative estimate of drug-likeness (QED) is 0.614. The van der Waals surface area contributed by atoms with Crippen LogP contribution in [-0.2, 0) is 13.0 Å². The van der Waals surface area contributed by atoms with Gasteiger partial charge in [-0.15, -0.1) is 0 Å². The van der Waals surface area contributed by atoms with Crippen molar-refractivity contribution in [2.75, 3.05) is 20.8 Å². The molecule has 1 amide bonds. The Balaban J connectivity index is 1.58. The molecule has 0 saturated heterocycles. The second-order valence-corrected chi connectivity index (χ2v) is 7.97. The van der Waals surface area contributed by atoms with E-state index in [-0.39, 0.29) is 23.0 Å². The molecule has 0 bridgehead atoms. The summed E-state index contributed by atoms with van der Waals surface area (Å²) in [6.45, 7) is 4.95. The van der Waals surface area contributed by atoms with E-state index < -0.39 is 0 Å². The van der Waals surface area contributed by atoms with E-state index in [9.17, 15) is 9.59 Å². The largest absolute Gasteiger partial charge is 0.493 e. The van der Waals surface area contributed by atoms with E-state index in [1.54, 1.807) is 20.4 Å². The number of hydrogen-bond acceptors (Lipinski definition) is 5. The van der Waals surface area contributed by atoms with Gasteiger partial charge >= 0.3 is 0 Å². The zero-order chi connectivity index (χ0) is 22.8. The maximum Gasteiger partial charge on any atom is 0.256 e. The molecule has 3 aromatic rings. The SMILES string of the molecule is CCC1Cn2cc(C(=O)NCCc3ccc(OC)c(OC)c3)c(=O)c3c(C)ccc(c32)O1. The van der Waals surface area contributed by atoms with Crippen molar-refractivity contribution >= 4 is 16.8 Å². The molecule has 7 nitrogen and oxygen atoms in total. The third kappa shape index (κ3) is 3.90. The molecule has 7 heteroatoms. The number of rotatable bonds is 7. The summed E-state index contributed by atoms with van der Waals surface area (Å²) in [7, 11) is 3.18. The van der Waals surface area contributed by atoms with Gasteiger partial charge < -0.3 is 24.1 Å². The first-order valence-electron chi connectivity index (χ1n) is 10.8. The van der Waals surface area contributed by atoms with Crippen molar-refractivity contribution < 1.29 is 19.0 Å². The number of benzene rings is 2. The minimum Gasteiger partial charge on any atom is -0.493 e. The van der Waals surface area contributed by atoms with Crippen LogP contribution >= 0.6 is 0 Å². The van der Waals surface area contributed by atoms with Gasteiger partial charge in [0.05, 0.1) is 31.7 Å². The number of nitrogens with one attached hydrogen (secondary N) is 1. The van der Waals surface area contributed by atoms with Crippen LogP contribution in [0, 0.1) is 6.92 Å². The fourth-order valence-corrected chi connectivity index (χ4v) is 4.16. The molecule has 1 N–H and O–H groups in total. The Labute approximate surface area is 186 Å². The van der Waals surface area contributed by atoms with Crippen LogP contribution in [0.3, 0.4) is 0 Å². The number of hydrogen-bond donors (Lipinski definition) is 1. The standard InChI is InChI=1S/C25H28N2O5/c1-5-17-13-27-14-18(24(28)22-15(2)6-8-20(32-17)23(22)27)25(29)26-11-10-16-7-9-19(30-3)21(12-16)31-4/h6-9,12,14,17H,5,10-11,13H2,1-4H3,(H,26,29). The Morgan fingerprint density at radius 1 is 1.19 bits per heavy atom. The van der Waals surface area contributed by atoms with Crippen LogP contribution in [0.15, 0.2) is 41.3 Å². The summed E-state index contributed by atoms with van der Waals surface area (Å²) >= 11 is 0. The normalized spacial score (nSPS) is 14.7. The molecule has 0 fully saturated rings. The molecule has 0 radical (unpaired) electrons. The second-order valence-electron chi connectivity index (χ2n) is 7.97. The summed E-state index contributed by atoms with van der Waals surface area (Å²) < 4.78 is 18.6. The highest BCUT2D eigenvalue weighted by Gasteiger charge is 2.25. The van der Waals surface area contributed by atoms with E-state index in [1.165, 1.54) is 0 Å². The highest BCUT2D eigenvalue weighted by molar-refractivity contribution is 5.99. The average molecular weight is 437 g/mol. The number of aryl methyl sites for hydroxylation is 1. The van der Waals surface area contributed by atoms with Crippen LogP contribution < -0.4 is 25.0 Å². The molecule has 0 spiro atoms. The lowest BCUT2D eigenvalue weighted by Crippen LogP contribution is -2.34. The Morgan fingerprint density at radius 3 is 2.69 bits per heavy atom. The Morgan fingerprint density at radius 2 is 1.97 bits per heavy atom. The van der Waals surface area contributed by atoms with E-state index in [1.807, 2.05) is 41.8 Å². The topological polar surface area (TPSA) is 78.8 Å². The van der Waals surface area contributed by atoms with Gasteiger partial charge in [0.25, 0.3) is 5.91 Å². The summed E-state index contributed by atoms with van der Waals surface area (Å²) in [5.74, 6) is 1.62. The molecule has 1 unspecified atom stereocenters. The van der Waals surface area contributed by atoms with Crippen LogP contribution in [0.1, 0.15) is 34.8 Å². The summed E-state index contributed by atoms with van der Waals surface area (Å²) in [4.78, 5) is 26.2. The third-order valence-corrected chi connectivity index (χ3v) is 5.93. The molecule has 0 saturated carbocycles. The monoisotopic (exact) mass is 436 g/mol. The van der Waals surface area contributed by atoms with Crippen molar-refractivity contribution in [2.24, 2.45) is 0 Å². The molecule has 2 heterocycles. The number of carbonyl (C=O) groups is 1. The predicted molar refractivity (Wildman–Crippen MR) is 123 cm³/mol. The zero-order valence-corrected chi connectivity index (χ0v) is 18.9. The van der Waals surface area contributed by atoms with Crippen molar-refractivity contribution in [2.45, 2.75) is 39.3 Å². The number of aromatic nitrogens is 1. The van der Waals surface area contributed by atoms with Crippen molar-refractivity contribution in [3.8, 4) is 17.2 Å². The zero-order valence-electron chi connectivity index (χ0n) is 18.9. The molecule has 1 atom stereocenters. The number of carbonyl (C=O) groups excluding carboxylic acids is 1. The molecular formula is C25H28N2O5. The molecule has 32 heavy (non-hydrogen) atoms. The fourth-order valence-electron chi connectivity index (χ4n) is 4.16. The summed E-state index contributed by atoms with van der Waals surface area (Å²) in [6.07, 6.45) is 3.12. The number of nitrogens with zero attached hydrogens (tertiary/aromatic N) is 1. The number of methoxy groups -OCH3 is 2. The summed E-state index contributed by atoms with van der Waals surface area (Å²) in [5.41, 5.74) is 2.49. The molecule has 1 aliphatic heterocycles. The van der Waals surface area contributed by atoms with Crippen LogP contribution in [0.25, 0.3) is 10.9 Å². The maximum absolute atomic E-state index is 13.2. The number of ether oxygens (including phenoxy) is 3. The first-order chi connectivity index (χ1) is 15.5. The molecule has 168 valence electrons. The summed E-state index contributed by atoms with van der Waals surface area (Å²) in [6, 6.07) is 9.43. The van der Waals surface area contributed by atoms with Crippen LogP contribution in [0.5, 0.6) is 17.2 Å². The third-order valence-electron chi connectivity index (χ3n) is 5.93. The van der Waals surface area contributed by atoms with Gasteiger partial charge in [0.2, 0.25) is 5.43 Å². The molecule has 0 aliphatic carbocycles. The molecule has 4 rings (SSSR count). The van der Waals surface area contributed by atoms with E-state index in [2.05, 4.69) is 12.2 Å². The van der Waals surface area contributed by atoms with E-state index in [0.717, 1.165) is 23.1 Å². The van der Waals surface area contributed by atoms with Gasteiger partial charge in [0.1, 0.15) is 17.4 Å². The Bertz CT molecular complexity index is 1230. The van der Waals surface area contributed by atoms with Crippen LogP contribution in [-0.4, -0.2) is 37.3 Å². The lowest BCUT2D eigenvalue weighted by Gasteiger charge is -2.28. The predicted octanol–water partition coefficient (Wildman–Crippen LogP) is 3.47. The first kappa shape index (κ1) is 21.7. The van der Waals surface area contributed by atoms with Gasteiger partial charge in [-0.25, -0.2) is 0 Å². The fraction of sp³-hybridized carbons (Fsp3) is 0.360. The Hall–Kier alpha value is -3.48. The average Bonchev–Trinajstić information content (AvgIpc) is 2.81. The van der Waals surface area contributed by atoms with Gasteiger partial charge in [-0.3, -0.25) is 9.59 Å². The lowest BCUT2D eigenvalue weighted by atomic mass is 10.0. The van der Waals surface area contributed by atoms with Gasteiger partial charge in [0.15, 0.2) is 11.5 Å². The van der Waals surface area contributed by atoms with E-state index in [0.29, 0.717) is 42.1 Å². The van der Waals surface area contributed by atoms with Gasteiger partial charge in [0, 0.05) is 12.7 Å². The van der Waals surface area contributed by atoms with Crippen molar-refractivity contribution in [1.82, 2.24) is 9.88 Å². The smallest absolute Gasteiger partial charge is 0.256 e. The minimum atomic E-state index is -0.370.